The van der Waals surface area contributed by atoms with Gasteiger partial charge in [-0.15, -0.1) is 0 Å². The van der Waals surface area contributed by atoms with Gasteiger partial charge in [0, 0.05) is 13.2 Å². The average molecular weight is 267 g/mol. The summed E-state index contributed by atoms with van der Waals surface area (Å²) in [6, 6.07) is 9.75. The molecule has 1 aromatic carbocycles. The second-order valence-electron chi connectivity index (χ2n) is 5.15. The fourth-order valence-electron chi connectivity index (χ4n) is 2.07. The number of aromatic nitrogens is 2. The van der Waals surface area contributed by atoms with Crippen LogP contribution in [-0.2, 0) is 7.05 Å². The molecule has 1 aromatic heterocycles. The molecule has 0 bridgehead atoms. The molecule has 0 aliphatic heterocycles. The number of aryl methyl sites for hydroxylation is 1. The van der Waals surface area contributed by atoms with Crippen molar-refractivity contribution in [2.75, 3.05) is 0 Å². The maximum Gasteiger partial charge on any atom is 0.187 e. The second kappa shape index (κ2) is 5.70. The summed E-state index contributed by atoms with van der Waals surface area (Å²) in [6.45, 7) is 4.22. The SMILES string of the molecule is CC(C)c1ccc(C(C#N)C(=O)c2cnn(C)c2)cc1. The highest BCUT2D eigenvalue weighted by Gasteiger charge is 2.22. The summed E-state index contributed by atoms with van der Waals surface area (Å²) in [5.74, 6) is -0.558. The van der Waals surface area contributed by atoms with Crippen LogP contribution in [0.25, 0.3) is 0 Å². The highest BCUT2D eigenvalue weighted by Crippen LogP contribution is 2.23. The molecule has 0 aliphatic rings. The third-order valence-electron chi connectivity index (χ3n) is 3.32. The first-order chi connectivity index (χ1) is 9.52. The molecule has 4 nitrogen and oxygen atoms in total. The van der Waals surface area contributed by atoms with E-state index in [-0.39, 0.29) is 5.78 Å². The zero-order valence-electron chi connectivity index (χ0n) is 11.9. The summed E-state index contributed by atoms with van der Waals surface area (Å²) in [7, 11) is 1.75. The number of ketones is 1. The monoisotopic (exact) mass is 267 g/mol. The van der Waals surface area contributed by atoms with Gasteiger partial charge in [0.25, 0.3) is 0 Å². The number of hydrogen-bond acceptors (Lipinski definition) is 3. The summed E-state index contributed by atoms with van der Waals surface area (Å²) >= 11 is 0. The molecule has 0 fully saturated rings. The average Bonchev–Trinajstić information content (AvgIpc) is 2.86. The molecule has 0 radical (unpaired) electrons. The number of nitriles is 1. The molecule has 0 aliphatic carbocycles. The molecule has 1 unspecified atom stereocenters. The molecule has 1 atom stereocenters. The van der Waals surface area contributed by atoms with Crippen molar-refractivity contribution in [3.63, 3.8) is 0 Å². The number of carbonyl (C=O) groups excluding carboxylic acids is 1. The van der Waals surface area contributed by atoms with Crippen molar-refractivity contribution in [1.29, 1.82) is 5.26 Å². The normalized spacial score (nSPS) is 12.2. The predicted octanol–water partition coefficient (Wildman–Crippen LogP) is 3.03. The summed E-state index contributed by atoms with van der Waals surface area (Å²) in [5.41, 5.74) is 2.39. The lowest BCUT2D eigenvalue weighted by Gasteiger charge is -2.10. The smallest absolute Gasteiger partial charge is 0.187 e. The van der Waals surface area contributed by atoms with Crippen LogP contribution in [0.4, 0.5) is 0 Å². The van der Waals surface area contributed by atoms with Gasteiger partial charge in [0.05, 0.1) is 17.8 Å². The van der Waals surface area contributed by atoms with Crippen LogP contribution >= 0.6 is 0 Å². The number of nitrogens with zero attached hydrogens (tertiary/aromatic N) is 3. The lowest BCUT2D eigenvalue weighted by atomic mass is 9.91. The van der Waals surface area contributed by atoms with Crippen LogP contribution in [-0.4, -0.2) is 15.6 Å². The van der Waals surface area contributed by atoms with Gasteiger partial charge in [0.2, 0.25) is 0 Å². The van der Waals surface area contributed by atoms with Crippen LogP contribution in [0.3, 0.4) is 0 Å². The zero-order valence-corrected chi connectivity index (χ0v) is 11.9. The molecule has 4 heteroatoms. The molecule has 0 saturated heterocycles. The van der Waals surface area contributed by atoms with Crippen LogP contribution in [0.2, 0.25) is 0 Å². The first kappa shape index (κ1) is 14.0. The molecule has 2 rings (SSSR count). The lowest BCUT2D eigenvalue weighted by molar-refractivity contribution is 0.0979. The van der Waals surface area contributed by atoms with E-state index < -0.39 is 5.92 Å². The van der Waals surface area contributed by atoms with Gasteiger partial charge in [0.15, 0.2) is 5.78 Å². The predicted molar refractivity (Wildman–Crippen MR) is 76.4 cm³/mol. The molecule has 102 valence electrons. The van der Waals surface area contributed by atoms with Gasteiger partial charge >= 0.3 is 0 Å². The van der Waals surface area contributed by atoms with Crippen LogP contribution in [0.15, 0.2) is 36.7 Å². The highest BCUT2D eigenvalue weighted by molar-refractivity contribution is 6.02. The van der Waals surface area contributed by atoms with Crippen molar-refractivity contribution >= 4 is 5.78 Å². The fourth-order valence-corrected chi connectivity index (χ4v) is 2.07. The van der Waals surface area contributed by atoms with Gasteiger partial charge in [-0.2, -0.15) is 10.4 Å². The van der Waals surface area contributed by atoms with Crippen molar-refractivity contribution in [1.82, 2.24) is 9.78 Å². The Bertz CT molecular complexity index is 647. The number of carbonyl (C=O) groups is 1. The van der Waals surface area contributed by atoms with Crippen molar-refractivity contribution in [3.05, 3.63) is 53.3 Å². The van der Waals surface area contributed by atoms with Gasteiger partial charge in [-0.25, -0.2) is 0 Å². The quantitative estimate of drug-likeness (QED) is 0.800. The van der Waals surface area contributed by atoms with E-state index >= 15 is 0 Å². The minimum Gasteiger partial charge on any atom is -0.292 e. The topological polar surface area (TPSA) is 58.7 Å². The number of benzene rings is 1. The van der Waals surface area contributed by atoms with E-state index in [2.05, 4.69) is 25.0 Å². The molecule has 0 spiro atoms. The Labute approximate surface area is 118 Å². The van der Waals surface area contributed by atoms with Crippen LogP contribution in [0.5, 0.6) is 0 Å². The Kier molecular flexibility index (Phi) is 3.99. The Morgan fingerprint density at radius 3 is 2.30 bits per heavy atom. The lowest BCUT2D eigenvalue weighted by Crippen LogP contribution is -2.10. The van der Waals surface area contributed by atoms with E-state index in [0.29, 0.717) is 11.5 Å². The van der Waals surface area contributed by atoms with Crippen molar-refractivity contribution < 1.29 is 4.79 Å². The molecule has 2 aromatic rings. The van der Waals surface area contributed by atoms with E-state index in [9.17, 15) is 10.1 Å². The minimum absolute atomic E-state index is 0.210. The largest absolute Gasteiger partial charge is 0.292 e. The molecular formula is C16H17N3O. The number of Topliss-reactive ketones (excluding diaryl/α,β-unsaturated/α-hetero) is 1. The Balaban J connectivity index is 2.28. The molecule has 0 N–H and O–H groups in total. The van der Waals surface area contributed by atoms with Crippen molar-refractivity contribution in [2.24, 2.45) is 7.05 Å². The van der Waals surface area contributed by atoms with Crippen LogP contribution < -0.4 is 0 Å². The van der Waals surface area contributed by atoms with Gasteiger partial charge < -0.3 is 0 Å². The molecule has 1 heterocycles. The Hall–Kier alpha value is -2.41. The van der Waals surface area contributed by atoms with Gasteiger partial charge in [-0.3, -0.25) is 9.48 Å². The third kappa shape index (κ3) is 2.77. The molecule has 0 amide bonds. The van der Waals surface area contributed by atoms with E-state index in [1.54, 1.807) is 17.9 Å². The van der Waals surface area contributed by atoms with E-state index in [4.69, 9.17) is 0 Å². The van der Waals surface area contributed by atoms with Gasteiger partial charge in [-0.05, 0) is 17.0 Å². The fraction of sp³-hybridized carbons (Fsp3) is 0.312. The third-order valence-corrected chi connectivity index (χ3v) is 3.32. The first-order valence-corrected chi connectivity index (χ1v) is 6.55. The summed E-state index contributed by atoms with van der Waals surface area (Å²) < 4.78 is 1.56. The van der Waals surface area contributed by atoms with E-state index in [0.717, 1.165) is 5.56 Å². The minimum atomic E-state index is -0.777. The standard InChI is InChI=1S/C16H17N3O/c1-11(2)12-4-6-13(7-5-12)15(8-17)16(20)14-9-18-19(3)10-14/h4-7,9-11,15H,1-3H3. The first-order valence-electron chi connectivity index (χ1n) is 6.55. The second-order valence-corrected chi connectivity index (χ2v) is 5.15. The number of hydrogen-bond donors (Lipinski definition) is 0. The summed E-state index contributed by atoms with van der Waals surface area (Å²) in [4.78, 5) is 12.3. The van der Waals surface area contributed by atoms with Gasteiger partial charge in [0.1, 0.15) is 5.92 Å². The molecule has 20 heavy (non-hydrogen) atoms. The Morgan fingerprint density at radius 2 is 1.85 bits per heavy atom. The Morgan fingerprint density at radius 1 is 1.25 bits per heavy atom. The maximum absolute atomic E-state index is 12.3. The summed E-state index contributed by atoms with van der Waals surface area (Å²) in [6.07, 6.45) is 3.13. The number of rotatable bonds is 4. The summed E-state index contributed by atoms with van der Waals surface area (Å²) in [5, 5.41) is 13.3. The van der Waals surface area contributed by atoms with Crippen molar-refractivity contribution in [2.45, 2.75) is 25.7 Å². The van der Waals surface area contributed by atoms with Crippen LogP contribution in [0.1, 0.15) is 47.2 Å². The molecule has 0 saturated carbocycles. The van der Waals surface area contributed by atoms with Crippen molar-refractivity contribution in [3.8, 4) is 6.07 Å². The van der Waals surface area contributed by atoms with E-state index in [1.807, 2.05) is 24.3 Å². The molecular weight excluding hydrogens is 250 g/mol. The highest BCUT2D eigenvalue weighted by atomic mass is 16.1. The van der Waals surface area contributed by atoms with Crippen LogP contribution in [0, 0.1) is 11.3 Å². The zero-order chi connectivity index (χ0) is 14.7. The van der Waals surface area contributed by atoms with Gasteiger partial charge in [-0.1, -0.05) is 38.1 Å². The maximum atomic E-state index is 12.3. The van der Waals surface area contributed by atoms with E-state index in [1.165, 1.54) is 11.8 Å².